The van der Waals surface area contributed by atoms with E-state index in [4.69, 9.17) is 0 Å². The van der Waals surface area contributed by atoms with Crippen molar-refractivity contribution < 1.29 is 0 Å². The van der Waals surface area contributed by atoms with Gasteiger partial charge in [-0.15, -0.1) is 11.8 Å². The molecule has 3 aromatic carbocycles. The number of benzene rings is 3. The largest absolute Gasteiger partial charge is 0.377 e. The minimum absolute atomic E-state index is 0.335. The molecule has 2 aliphatic rings. The molecule has 1 aliphatic heterocycles. The predicted octanol–water partition coefficient (Wildman–Crippen LogP) is 7.88. The van der Waals surface area contributed by atoms with Crippen molar-refractivity contribution in [3.05, 3.63) is 106 Å². The molecule has 1 heterocycles. The maximum atomic E-state index is 3.92. The summed E-state index contributed by atoms with van der Waals surface area (Å²) in [6.07, 6.45) is 5.93. The van der Waals surface area contributed by atoms with E-state index in [1.807, 2.05) is 11.8 Å². The summed E-state index contributed by atoms with van der Waals surface area (Å²) in [7, 11) is 0. The number of hydrogen-bond acceptors (Lipinski definition) is 2. The van der Waals surface area contributed by atoms with Crippen molar-refractivity contribution in [2.45, 2.75) is 36.0 Å². The molecule has 3 aromatic rings. The smallest absolute Gasteiger partial charge is 0.0565 e. The van der Waals surface area contributed by atoms with Gasteiger partial charge in [0.15, 0.2) is 0 Å². The zero-order valence-electron chi connectivity index (χ0n) is 16.4. The van der Waals surface area contributed by atoms with Gasteiger partial charge in [-0.2, -0.15) is 0 Å². The first kappa shape index (κ1) is 19.0. The van der Waals surface area contributed by atoms with Crippen LogP contribution >= 0.6 is 27.7 Å². The van der Waals surface area contributed by atoms with Crippen LogP contribution in [0, 0.1) is 12.8 Å². The molecule has 0 radical (unpaired) electrons. The van der Waals surface area contributed by atoms with Crippen LogP contribution in [0.4, 0.5) is 5.69 Å². The predicted molar refractivity (Wildman–Crippen MR) is 128 cm³/mol. The Morgan fingerprint density at radius 3 is 2.62 bits per heavy atom. The molecule has 0 amide bonds. The summed E-state index contributed by atoms with van der Waals surface area (Å²) < 4.78 is 1.19. The van der Waals surface area contributed by atoms with Crippen molar-refractivity contribution in [1.29, 1.82) is 0 Å². The fourth-order valence-corrected chi connectivity index (χ4v) is 6.15. The number of thioether (sulfide) groups is 1. The fraction of sp³-hybridized carbons (Fsp3) is 0.231. The van der Waals surface area contributed by atoms with Crippen molar-refractivity contribution in [2.75, 3.05) is 5.32 Å². The third kappa shape index (κ3) is 3.67. The molecule has 0 aromatic heterocycles. The summed E-state index contributed by atoms with van der Waals surface area (Å²) in [6, 6.07) is 24.5. The molecule has 1 aliphatic carbocycles. The van der Waals surface area contributed by atoms with Gasteiger partial charge in [-0.25, -0.2) is 0 Å². The van der Waals surface area contributed by atoms with E-state index in [2.05, 4.69) is 107 Å². The highest BCUT2D eigenvalue weighted by atomic mass is 79.9. The van der Waals surface area contributed by atoms with Crippen LogP contribution in [0.25, 0.3) is 0 Å². The molecule has 1 N–H and O–H groups in total. The number of anilines is 1. The maximum Gasteiger partial charge on any atom is 0.0565 e. The Morgan fingerprint density at radius 2 is 1.79 bits per heavy atom. The number of aryl methyl sites for hydroxylation is 1. The Labute approximate surface area is 185 Å². The summed E-state index contributed by atoms with van der Waals surface area (Å²) in [5.74, 6) is 2.06. The van der Waals surface area contributed by atoms with Gasteiger partial charge < -0.3 is 5.32 Å². The van der Waals surface area contributed by atoms with Crippen LogP contribution in [0.2, 0.25) is 0 Å². The number of fused-ring (bicyclic) bond motifs is 3. The summed E-state index contributed by atoms with van der Waals surface area (Å²) >= 11 is 5.69. The van der Waals surface area contributed by atoms with E-state index >= 15 is 0 Å². The third-order valence-electron chi connectivity index (χ3n) is 6.11. The quantitative estimate of drug-likeness (QED) is 0.313. The highest BCUT2D eigenvalue weighted by Gasteiger charge is 2.39. The SMILES string of the molecule is Cc1cc(CSc2ccccc2)cc2c1N[C@H](c1ccccc1Br)[C@@H]1CC=C[C@@H]21. The Hall–Kier alpha value is -1.97. The number of nitrogens with one attached hydrogen (secondary N) is 1. The first-order valence-corrected chi connectivity index (χ1v) is 12.0. The van der Waals surface area contributed by atoms with Gasteiger partial charge in [0.05, 0.1) is 6.04 Å². The van der Waals surface area contributed by atoms with Crippen LogP contribution in [-0.4, -0.2) is 0 Å². The second-order valence-corrected chi connectivity index (χ2v) is 9.88. The zero-order valence-corrected chi connectivity index (χ0v) is 18.8. The Morgan fingerprint density at radius 1 is 1.00 bits per heavy atom. The summed E-state index contributed by atoms with van der Waals surface area (Å²) in [6.45, 7) is 2.25. The molecule has 1 nitrogen and oxygen atoms in total. The van der Waals surface area contributed by atoms with Crippen LogP contribution in [0.5, 0.6) is 0 Å². The van der Waals surface area contributed by atoms with Crippen LogP contribution in [-0.2, 0) is 5.75 Å². The van der Waals surface area contributed by atoms with Gasteiger partial charge in [0.2, 0.25) is 0 Å². The van der Waals surface area contributed by atoms with E-state index in [1.165, 1.54) is 37.3 Å². The molecule has 0 bridgehead atoms. The van der Waals surface area contributed by atoms with E-state index in [0.717, 1.165) is 12.2 Å². The third-order valence-corrected chi connectivity index (χ3v) is 7.92. The molecule has 146 valence electrons. The Bertz CT molecular complexity index is 1060. The molecule has 5 rings (SSSR count). The van der Waals surface area contributed by atoms with Gasteiger partial charge in [0.25, 0.3) is 0 Å². The molecule has 0 fully saturated rings. The van der Waals surface area contributed by atoms with Crippen molar-refractivity contribution >= 4 is 33.4 Å². The summed E-state index contributed by atoms with van der Waals surface area (Å²) in [4.78, 5) is 1.33. The Balaban J connectivity index is 1.48. The molecule has 0 unspecified atom stereocenters. The van der Waals surface area contributed by atoms with Gasteiger partial charge in [-0.05, 0) is 59.7 Å². The molecular formula is C26H24BrNS. The lowest BCUT2D eigenvalue weighted by atomic mass is 9.76. The van der Waals surface area contributed by atoms with Gasteiger partial charge >= 0.3 is 0 Å². The summed E-state index contributed by atoms with van der Waals surface area (Å²) in [5.41, 5.74) is 6.92. The molecule has 0 saturated heterocycles. The molecule has 0 spiro atoms. The standard InChI is InChI=1S/C26H24BrNS/c1-17-14-18(16-29-19-8-3-2-4-9-19)15-23-20-11-7-12-21(20)26(28-25(17)23)22-10-5-6-13-24(22)27/h2-11,13-15,20-21,26,28H,12,16H2,1H3/t20-,21-,26+/m1/s1. The Kier molecular flexibility index (Phi) is 5.28. The van der Waals surface area contributed by atoms with Gasteiger partial charge in [0.1, 0.15) is 0 Å². The van der Waals surface area contributed by atoms with Crippen molar-refractivity contribution in [1.82, 2.24) is 0 Å². The van der Waals surface area contributed by atoms with Crippen molar-refractivity contribution in [2.24, 2.45) is 5.92 Å². The lowest BCUT2D eigenvalue weighted by molar-refractivity contribution is 0.424. The van der Waals surface area contributed by atoms with Crippen LogP contribution in [0.3, 0.4) is 0 Å². The topological polar surface area (TPSA) is 12.0 Å². The lowest BCUT2D eigenvalue weighted by Gasteiger charge is -2.39. The van der Waals surface area contributed by atoms with Crippen molar-refractivity contribution in [3.63, 3.8) is 0 Å². The fourth-order valence-electron chi connectivity index (χ4n) is 4.77. The number of halogens is 1. The summed E-state index contributed by atoms with van der Waals surface area (Å²) in [5, 5.41) is 3.92. The second kappa shape index (κ2) is 8.04. The molecule has 29 heavy (non-hydrogen) atoms. The molecule has 3 atom stereocenters. The van der Waals surface area contributed by atoms with E-state index in [-0.39, 0.29) is 0 Å². The molecule has 0 saturated carbocycles. The molecular weight excluding hydrogens is 438 g/mol. The number of rotatable bonds is 4. The lowest BCUT2D eigenvalue weighted by Crippen LogP contribution is -2.30. The highest BCUT2D eigenvalue weighted by molar-refractivity contribution is 9.10. The maximum absolute atomic E-state index is 3.92. The van der Waals surface area contributed by atoms with Gasteiger partial charge in [0, 0.05) is 26.7 Å². The molecule has 3 heteroatoms. The van der Waals surface area contributed by atoms with Crippen LogP contribution < -0.4 is 5.32 Å². The second-order valence-electron chi connectivity index (χ2n) is 7.98. The highest BCUT2D eigenvalue weighted by Crippen LogP contribution is 2.52. The van der Waals surface area contributed by atoms with Crippen molar-refractivity contribution in [3.8, 4) is 0 Å². The average Bonchev–Trinajstić information content (AvgIpc) is 3.24. The van der Waals surface area contributed by atoms with E-state index in [0.29, 0.717) is 17.9 Å². The minimum atomic E-state index is 0.335. The monoisotopic (exact) mass is 461 g/mol. The van der Waals surface area contributed by atoms with Crippen LogP contribution in [0.1, 0.15) is 40.6 Å². The average molecular weight is 462 g/mol. The van der Waals surface area contributed by atoms with E-state index in [1.54, 1.807) is 0 Å². The van der Waals surface area contributed by atoms with E-state index < -0.39 is 0 Å². The number of hydrogen-bond donors (Lipinski definition) is 1. The van der Waals surface area contributed by atoms with E-state index in [9.17, 15) is 0 Å². The minimum Gasteiger partial charge on any atom is -0.377 e. The van der Waals surface area contributed by atoms with Gasteiger partial charge in [-0.3, -0.25) is 0 Å². The first-order chi connectivity index (χ1) is 14.2. The number of allylic oxidation sites excluding steroid dienone is 2. The van der Waals surface area contributed by atoms with Crippen LogP contribution in [0.15, 0.2) is 88.3 Å². The van der Waals surface area contributed by atoms with Gasteiger partial charge in [-0.1, -0.05) is 76.6 Å². The first-order valence-electron chi connectivity index (χ1n) is 10.2. The normalized spacial score (nSPS) is 22.1. The zero-order chi connectivity index (χ0) is 19.8.